The molecule has 9 heteroatoms. The third kappa shape index (κ3) is 3.48. The lowest BCUT2D eigenvalue weighted by molar-refractivity contribution is -0.137. The molecule has 0 amide bonds. The summed E-state index contributed by atoms with van der Waals surface area (Å²) in [5, 5.41) is 4.50. The van der Waals surface area contributed by atoms with Crippen LogP contribution >= 0.6 is 0 Å². The summed E-state index contributed by atoms with van der Waals surface area (Å²) >= 11 is 0. The summed E-state index contributed by atoms with van der Waals surface area (Å²) in [6, 6.07) is 9.04. The van der Waals surface area contributed by atoms with E-state index in [-0.39, 0.29) is 5.56 Å². The normalized spacial score (nSPS) is 14.4. The van der Waals surface area contributed by atoms with E-state index in [1.807, 2.05) is 19.2 Å². The first kappa shape index (κ1) is 20.4. The fraction of sp³-hybridized carbons (Fsp3) is 0.261. The standard InChI is InChI=1S/C23H20F3N5O/c1-30-19-7-10-27-9-6-16(19)17-3-5-20(29-22(17)30)31-11-8-14(12-21(31)32)18-4-2-15(13-28-18)23(24,25)26/h2-5,8,11-13,27H,6-7,9-10H2,1H3. The second-order valence-electron chi connectivity index (χ2n) is 7.83. The molecule has 5 heterocycles. The number of alkyl halides is 3. The van der Waals surface area contributed by atoms with Gasteiger partial charge in [0, 0.05) is 55.1 Å². The molecule has 0 saturated carbocycles. The van der Waals surface area contributed by atoms with Crippen LogP contribution in [0.5, 0.6) is 0 Å². The SMILES string of the molecule is Cn1c2c(c3ccc(-n4ccc(-c5ccc(C(F)(F)F)cn5)cc4=O)nc31)CCNCC2. The van der Waals surface area contributed by atoms with Crippen molar-refractivity contribution in [3.8, 4) is 17.1 Å². The Morgan fingerprint density at radius 3 is 2.59 bits per heavy atom. The van der Waals surface area contributed by atoms with Crippen LogP contribution in [0.4, 0.5) is 13.2 Å². The summed E-state index contributed by atoms with van der Waals surface area (Å²) in [4.78, 5) is 21.4. The summed E-state index contributed by atoms with van der Waals surface area (Å²) in [6.07, 6.45) is -0.256. The van der Waals surface area contributed by atoms with Crippen molar-refractivity contribution < 1.29 is 13.2 Å². The predicted molar refractivity (Wildman–Crippen MR) is 115 cm³/mol. The monoisotopic (exact) mass is 439 g/mol. The number of aryl methyl sites for hydroxylation is 1. The highest BCUT2D eigenvalue weighted by Crippen LogP contribution is 2.30. The molecule has 1 aliphatic rings. The van der Waals surface area contributed by atoms with Gasteiger partial charge in [0.05, 0.1) is 11.3 Å². The first-order valence-electron chi connectivity index (χ1n) is 10.3. The predicted octanol–water partition coefficient (Wildman–Crippen LogP) is 3.49. The lowest BCUT2D eigenvalue weighted by Gasteiger charge is -2.09. The van der Waals surface area contributed by atoms with Crippen molar-refractivity contribution >= 4 is 11.0 Å². The Morgan fingerprint density at radius 1 is 1.06 bits per heavy atom. The second kappa shape index (κ2) is 7.59. The molecular weight excluding hydrogens is 419 g/mol. The van der Waals surface area contributed by atoms with Crippen molar-refractivity contribution in [3.63, 3.8) is 0 Å². The molecule has 1 aliphatic heterocycles. The lowest BCUT2D eigenvalue weighted by Crippen LogP contribution is -2.18. The number of nitrogens with zero attached hydrogens (tertiary/aromatic N) is 4. The highest BCUT2D eigenvalue weighted by molar-refractivity contribution is 5.83. The van der Waals surface area contributed by atoms with Crippen LogP contribution in [-0.4, -0.2) is 32.2 Å². The molecule has 4 aromatic rings. The van der Waals surface area contributed by atoms with Crippen LogP contribution in [0.2, 0.25) is 0 Å². The summed E-state index contributed by atoms with van der Waals surface area (Å²) in [6.45, 7) is 1.84. The molecule has 0 bridgehead atoms. The zero-order valence-electron chi connectivity index (χ0n) is 17.3. The topological polar surface area (TPSA) is 64.7 Å². The third-order valence-corrected chi connectivity index (χ3v) is 5.90. The van der Waals surface area contributed by atoms with Crippen molar-refractivity contribution in [3.05, 3.63) is 76.0 Å². The molecule has 1 N–H and O–H groups in total. The summed E-state index contributed by atoms with van der Waals surface area (Å²) in [5.41, 5.74) is 2.95. The average Bonchev–Trinajstić information content (AvgIpc) is 2.93. The maximum Gasteiger partial charge on any atom is 0.417 e. The number of fused-ring (bicyclic) bond motifs is 3. The Balaban J connectivity index is 1.52. The van der Waals surface area contributed by atoms with Gasteiger partial charge in [-0.1, -0.05) is 0 Å². The highest BCUT2D eigenvalue weighted by Gasteiger charge is 2.30. The van der Waals surface area contributed by atoms with Crippen molar-refractivity contribution in [2.45, 2.75) is 19.0 Å². The van der Waals surface area contributed by atoms with Crippen molar-refractivity contribution in [2.24, 2.45) is 7.05 Å². The van der Waals surface area contributed by atoms with E-state index in [9.17, 15) is 18.0 Å². The van der Waals surface area contributed by atoms with Gasteiger partial charge in [0.15, 0.2) is 0 Å². The summed E-state index contributed by atoms with van der Waals surface area (Å²) in [5.74, 6) is 0.489. The Bertz CT molecular complexity index is 1370. The fourth-order valence-electron chi connectivity index (χ4n) is 4.25. The third-order valence-electron chi connectivity index (χ3n) is 5.90. The first-order valence-corrected chi connectivity index (χ1v) is 10.3. The average molecular weight is 439 g/mol. The minimum atomic E-state index is -4.45. The molecule has 0 spiro atoms. The largest absolute Gasteiger partial charge is 0.417 e. The summed E-state index contributed by atoms with van der Waals surface area (Å²) < 4.78 is 41.8. The molecule has 5 rings (SSSR count). The minimum absolute atomic E-state index is 0.297. The van der Waals surface area contributed by atoms with Crippen molar-refractivity contribution in [1.29, 1.82) is 0 Å². The van der Waals surface area contributed by atoms with Crippen molar-refractivity contribution in [2.75, 3.05) is 13.1 Å². The highest BCUT2D eigenvalue weighted by atomic mass is 19.4. The molecule has 0 atom stereocenters. The summed E-state index contributed by atoms with van der Waals surface area (Å²) in [7, 11) is 1.99. The molecule has 0 radical (unpaired) electrons. The number of hydrogen-bond donors (Lipinski definition) is 1. The maximum atomic E-state index is 12.8. The Kier molecular flexibility index (Phi) is 4.85. The number of rotatable bonds is 2. The molecule has 6 nitrogen and oxygen atoms in total. The van der Waals surface area contributed by atoms with E-state index in [4.69, 9.17) is 4.98 Å². The van der Waals surface area contributed by atoms with Crippen LogP contribution in [0.25, 0.3) is 28.1 Å². The van der Waals surface area contributed by atoms with Gasteiger partial charge < -0.3 is 9.88 Å². The van der Waals surface area contributed by atoms with E-state index in [0.29, 0.717) is 17.1 Å². The molecule has 32 heavy (non-hydrogen) atoms. The van der Waals surface area contributed by atoms with E-state index >= 15 is 0 Å². The molecular formula is C23H20F3N5O. The Hall–Kier alpha value is -3.46. The number of aromatic nitrogens is 4. The smallest absolute Gasteiger partial charge is 0.332 e. The number of halogens is 3. The van der Waals surface area contributed by atoms with E-state index in [1.165, 1.54) is 28.0 Å². The zero-order chi connectivity index (χ0) is 22.5. The van der Waals surface area contributed by atoms with Gasteiger partial charge in [0.1, 0.15) is 11.5 Å². The van der Waals surface area contributed by atoms with Crippen LogP contribution in [0.15, 0.2) is 53.6 Å². The van der Waals surface area contributed by atoms with Gasteiger partial charge in [-0.05, 0) is 48.9 Å². The van der Waals surface area contributed by atoms with Crippen LogP contribution in [0.3, 0.4) is 0 Å². The zero-order valence-corrected chi connectivity index (χ0v) is 17.3. The van der Waals surface area contributed by atoms with Crippen LogP contribution in [0, 0.1) is 0 Å². The van der Waals surface area contributed by atoms with E-state index < -0.39 is 11.7 Å². The molecule has 0 unspecified atom stereocenters. The number of hydrogen-bond acceptors (Lipinski definition) is 4. The van der Waals surface area contributed by atoms with Crippen LogP contribution in [-0.2, 0) is 26.1 Å². The minimum Gasteiger partial charge on any atom is -0.332 e. The number of pyridine rings is 3. The van der Waals surface area contributed by atoms with E-state index in [2.05, 4.69) is 14.9 Å². The van der Waals surface area contributed by atoms with Gasteiger partial charge in [-0.25, -0.2) is 4.98 Å². The molecule has 164 valence electrons. The van der Waals surface area contributed by atoms with Gasteiger partial charge in [-0.2, -0.15) is 13.2 Å². The van der Waals surface area contributed by atoms with E-state index in [0.717, 1.165) is 49.2 Å². The lowest BCUT2D eigenvalue weighted by atomic mass is 10.1. The maximum absolute atomic E-state index is 12.8. The van der Waals surface area contributed by atoms with E-state index in [1.54, 1.807) is 12.3 Å². The van der Waals surface area contributed by atoms with Gasteiger partial charge in [0.25, 0.3) is 5.56 Å². The van der Waals surface area contributed by atoms with Gasteiger partial charge >= 0.3 is 6.18 Å². The van der Waals surface area contributed by atoms with Crippen LogP contribution < -0.4 is 10.9 Å². The molecule has 0 fully saturated rings. The molecule has 0 aromatic carbocycles. The van der Waals surface area contributed by atoms with Crippen molar-refractivity contribution in [1.82, 2.24) is 24.4 Å². The molecule has 4 aromatic heterocycles. The van der Waals surface area contributed by atoms with Gasteiger partial charge in [-0.15, -0.1) is 0 Å². The number of nitrogens with one attached hydrogen (secondary N) is 1. The first-order chi connectivity index (χ1) is 15.3. The Labute approximate surface area is 181 Å². The quantitative estimate of drug-likeness (QED) is 0.519. The van der Waals surface area contributed by atoms with Crippen LogP contribution in [0.1, 0.15) is 16.8 Å². The molecule has 0 saturated heterocycles. The molecule has 0 aliphatic carbocycles. The van der Waals surface area contributed by atoms with Gasteiger partial charge in [-0.3, -0.25) is 14.3 Å². The second-order valence-corrected chi connectivity index (χ2v) is 7.83. The Morgan fingerprint density at radius 2 is 1.88 bits per heavy atom. The fourth-order valence-corrected chi connectivity index (χ4v) is 4.25. The van der Waals surface area contributed by atoms with Gasteiger partial charge in [0.2, 0.25) is 0 Å².